The van der Waals surface area contributed by atoms with Crippen LogP contribution in [0.25, 0.3) is 10.9 Å². The summed E-state index contributed by atoms with van der Waals surface area (Å²) in [7, 11) is 0. The van der Waals surface area contributed by atoms with E-state index in [-0.39, 0.29) is 25.0 Å². The lowest BCUT2D eigenvalue weighted by Gasteiger charge is -2.21. The molecule has 3 amide bonds. The zero-order chi connectivity index (χ0) is 25.3. The number of rotatable bonds is 13. The van der Waals surface area contributed by atoms with Crippen molar-refractivity contribution in [1.82, 2.24) is 20.9 Å². The number of fused-ring (bicyclic) bond motifs is 1. The average molecular weight is 494 g/mol. The molecule has 0 bridgehead atoms. The highest BCUT2D eigenvalue weighted by atomic mass is 32.1. The van der Waals surface area contributed by atoms with Crippen molar-refractivity contribution >= 4 is 53.2 Å². The van der Waals surface area contributed by atoms with E-state index in [0.29, 0.717) is 5.56 Å². The van der Waals surface area contributed by atoms with Gasteiger partial charge >= 0.3 is 11.9 Å². The molecular formula is C21H27N5O7S. The second-order valence-electron chi connectivity index (χ2n) is 7.52. The summed E-state index contributed by atoms with van der Waals surface area (Å²) in [4.78, 5) is 62.2. The minimum absolute atomic E-state index is 0.0482. The number of thiol groups is 1. The van der Waals surface area contributed by atoms with Gasteiger partial charge in [0.15, 0.2) is 0 Å². The Balaban J connectivity index is 2.08. The van der Waals surface area contributed by atoms with Gasteiger partial charge in [-0.05, 0) is 18.1 Å². The van der Waals surface area contributed by atoms with Gasteiger partial charge in [0.1, 0.15) is 12.1 Å². The number of H-pyrrole nitrogens is 1. The van der Waals surface area contributed by atoms with Gasteiger partial charge in [-0.1, -0.05) is 18.2 Å². The summed E-state index contributed by atoms with van der Waals surface area (Å²) >= 11 is 3.93. The second-order valence-corrected chi connectivity index (χ2v) is 7.89. The Morgan fingerprint density at radius 2 is 1.74 bits per heavy atom. The van der Waals surface area contributed by atoms with Gasteiger partial charge in [-0.25, -0.2) is 4.79 Å². The summed E-state index contributed by atoms with van der Waals surface area (Å²) in [6, 6.07) is 3.82. The zero-order valence-electron chi connectivity index (χ0n) is 18.1. The van der Waals surface area contributed by atoms with Gasteiger partial charge in [-0.15, -0.1) is 0 Å². The van der Waals surface area contributed by atoms with Crippen molar-refractivity contribution in [2.75, 3.05) is 12.3 Å². The number of carboxylic acids is 2. The van der Waals surface area contributed by atoms with Crippen molar-refractivity contribution in [2.24, 2.45) is 5.73 Å². The van der Waals surface area contributed by atoms with Gasteiger partial charge < -0.3 is 36.9 Å². The van der Waals surface area contributed by atoms with Crippen molar-refractivity contribution in [2.45, 2.75) is 37.4 Å². The van der Waals surface area contributed by atoms with Crippen molar-refractivity contribution < 1.29 is 34.2 Å². The van der Waals surface area contributed by atoms with Crippen LogP contribution in [0.4, 0.5) is 0 Å². The van der Waals surface area contributed by atoms with Crippen LogP contribution in [0.2, 0.25) is 0 Å². The number of aliphatic carboxylic acids is 2. The van der Waals surface area contributed by atoms with Crippen LogP contribution in [0.15, 0.2) is 30.5 Å². The maximum absolute atomic E-state index is 12.8. The molecule has 0 saturated carbocycles. The summed E-state index contributed by atoms with van der Waals surface area (Å²) in [5, 5.41) is 25.8. The first-order valence-electron chi connectivity index (χ1n) is 10.4. The molecule has 3 atom stereocenters. The van der Waals surface area contributed by atoms with Gasteiger partial charge in [0.25, 0.3) is 0 Å². The molecule has 8 N–H and O–H groups in total. The minimum atomic E-state index is -1.27. The standard InChI is InChI=1S/C21H27N5O7S/c22-13(5-6-18(28)29)19(30)24-9-17(27)25-15(20(31)26-16(10-34)21(32)33)7-11-8-23-14-4-2-1-3-12(11)14/h1-4,8,13,15-16,23,34H,5-7,9-10,22H2,(H,24,30)(H,25,27)(H,26,31)(H,28,29)(H,32,33). The number of hydrogen-bond donors (Lipinski definition) is 8. The monoisotopic (exact) mass is 493 g/mol. The lowest BCUT2D eigenvalue weighted by molar-refractivity contribution is -0.141. The van der Waals surface area contributed by atoms with E-state index in [0.717, 1.165) is 10.9 Å². The topological polar surface area (TPSA) is 204 Å². The third-order valence-corrected chi connectivity index (χ3v) is 5.34. The minimum Gasteiger partial charge on any atom is -0.481 e. The fourth-order valence-corrected chi connectivity index (χ4v) is 3.39. The fourth-order valence-electron chi connectivity index (χ4n) is 3.14. The molecule has 0 aliphatic rings. The van der Waals surface area contributed by atoms with E-state index in [1.807, 2.05) is 24.3 Å². The van der Waals surface area contributed by atoms with Crippen molar-refractivity contribution in [1.29, 1.82) is 0 Å². The molecule has 3 unspecified atom stereocenters. The Hall–Kier alpha value is -3.58. The van der Waals surface area contributed by atoms with Gasteiger partial charge in [-0.3, -0.25) is 19.2 Å². The van der Waals surface area contributed by atoms with E-state index in [4.69, 9.17) is 10.8 Å². The molecule has 0 saturated heterocycles. The molecule has 0 spiro atoms. The van der Waals surface area contributed by atoms with Crippen LogP contribution in [0, 0.1) is 0 Å². The summed E-state index contributed by atoms with van der Waals surface area (Å²) in [5.74, 6) is -4.69. The van der Waals surface area contributed by atoms with Crippen LogP contribution in [0.1, 0.15) is 18.4 Å². The number of amides is 3. The Bertz CT molecular complexity index is 1060. The summed E-state index contributed by atoms with van der Waals surface area (Å²) < 4.78 is 0. The normalized spacial score (nSPS) is 13.5. The third-order valence-electron chi connectivity index (χ3n) is 4.98. The highest BCUT2D eigenvalue weighted by molar-refractivity contribution is 7.80. The molecule has 1 heterocycles. The largest absolute Gasteiger partial charge is 0.481 e. The molecule has 34 heavy (non-hydrogen) atoms. The van der Waals surface area contributed by atoms with E-state index in [2.05, 4.69) is 33.6 Å². The van der Waals surface area contributed by atoms with E-state index in [1.165, 1.54) is 0 Å². The first kappa shape index (κ1) is 26.7. The first-order valence-corrected chi connectivity index (χ1v) is 11.0. The van der Waals surface area contributed by atoms with Gasteiger partial charge in [-0.2, -0.15) is 12.6 Å². The summed E-state index contributed by atoms with van der Waals surface area (Å²) in [6.45, 7) is -0.508. The number of nitrogens with two attached hydrogens (primary N) is 1. The number of benzene rings is 1. The number of nitrogens with one attached hydrogen (secondary N) is 4. The number of aromatic nitrogens is 1. The summed E-state index contributed by atoms with van der Waals surface area (Å²) in [6.07, 6.45) is 1.33. The lowest BCUT2D eigenvalue weighted by Crippen LogP contribution is -2.54. The number of para-hydroxylation sites is 1. The number of carbonyl (C=O) groups excluding carboxylic acids is 3. The van der Waals surface area contributed by atoms with E-state index in [1.54, 1.807) is 6.20 Å². The van der Waals surface area contributed by atoms with Crippen LogP contribution < -0.4 is 21.7 Å². The number of aromatic amines is 1. The fraction of sp³-hybridized carbons (Fsp3) is 0.381. The molecule has 0 aliphatic carbocycles. The number of hydrogen-bond acceptors (Lipinski definition) is 7. The third kappa shape index (κ3) is 7.78. The molecule has 1 aromatic carbocycles. The zero-order valence-corrected chi connectivity index (χ0v) is 19.0. The Morgan fingerprint density at radius 1 is 1.03 bits per heavy atom. The SMILES string of the molecule is NC(CCC(=O)O)C(=O)NCC(=O)NC(Cc1c[nH]c2ccccc12)C(=O)NC(CS)C(=O)O. The quantitative estimate of drug-likeness (QED) is 0.162. The molecule has 0 fully saturated rings. The maximum Gasteiger partial charge on any atom is 0.327 e. The Kier molecular flexibility index (Phi) is 9.89. The summed E-state index contributed by atoms with van der Waals surface area (Å²) in [5.41, 5.74) is 7.15. The number of carbonyl (C=O) groups is 5. The smallest absolute Gasteiger partial charge is 0.327 e. The van der Waals surface area contributed by atoms with Crippen LogP contribution in [0.3, 0.4) is 0 Å². The molecule has 1 aromatic heterocycles. The van der Waals surface area contributed by atoms with Gasteiger partial charge in [0, 0.05) is 35.7 Å². The maximum atomic E-state index is 12.8. The second kappa shape index (κ2) is 12.6. The van der Waals surface area contributed by atoms with Crippen molar-refractivity contribution in [3.8, 4) is 0 Å². The van der Waals surface area contributed by atoms with Crippen LogP contribution in [-0.4, -0.2) is 75.3 Å². The van der Waals surface area contributed by atoms with Crippen LogP contribution in [0.5, 0.6) is 0 Å². The molecule has 0 aliphatic heterocycles. The predicted octanol–water partition coefficient (Wildman–Crippen LogP) is -0.997. The van der Waals surface area contributed by atoms with E-state index in [9.17, 15) is 29.1 Å². The van der Waals surface area contributed by atoms with E-state index >= 15 is 0 Å². The highest BCUT2D eigenvalue weighted by Crippen LogP contribution is 2.19. The van der Waals surface area contributed by atoms with Gasteiger partial charge in [0.05, 0.1) is 12.6 Å². The molecule has 12 nitrogen and oxygen atoms in total. The van der Waals surface area contributed by atoms with Crippen LogP contribution in [-0.2, 0) is 30.4 Å². The van der Waals surface area contributed by atoms with Gasteiger partial charge in [0.2, 0.25) is 17.7 Å². The average Bonchev–Trinajstić information content (AvgIpc) is 3.21. The number of carboxylic acid groups (broad SMARTS) is 2. The van der Waals surface area contributed by atoms with Crippen molar-refractivity contribution in [3.63, 3.8) is 0 Å². The molecule has 2 aromatic rings. The molecule has 2 rings (SSSR count). The molecular weight excluding hydrogens is 466 g/mol. The predicted molar refractivity (Wildman–Crippen MR) is 125 cm³/mol. The van der Waals surface area contributed by atoms with Crippen molar-refractivity contribution in [3.05, 3.63) is 36.0 Å². The van der Waals surface area contributed by atoms with Crippen LogP contribution >= 0.6 is 12.6 Å². The van der Waals surface area contributed by atoms with E-state index < -0.39 is 54.3 Å². The highest BCUT2D eigenvalue weighted by Gasteiger charge is 2.27. The first-order chi connectivity index (χ1) is 16.1. The molecule has 13 heteroatoms. The lowest BCUT2D eigenvalue weighted by atomic mass is 10.0. The Morgan fingerprint density at radius 3 is 2.38 bits per heavy atom. The Labute approximate surface area is 200 Å². The molecule has 184 valence electrons. The molecule has 0 radical (unpaired) electrons.